The van der Waals surface area contributed by atoms with Gasteiger partial charge >= 0.3 is 12.0 Å². The largest absolute Gasteiger partial charge is 0.480 e. The maximum absolute atomic E-state index is 11.8. The summed E-state index contributed by atoms with van der Waals surface area (Å²) in [6, 6.07) is 7.05. The van der Waals surface area contributed by atoms with E-state index in [0.717, 1.165) is 19.3 Å². The Hall–Kier alpha value is -2.04. The third-order valence-electron chi connectivity index (χ3n) is 3.69. The number of carboxylic acid groups (broad SMARTS) is 1. The summed E-state index contributed by atoms with van der Waals surface area (Å²) in [5, 5.41) is 14.3. The van der Waals surface area contributed by atoms with Crippen LogP contribution >= 0.6 is 0 Å². The molecule has 0 spiro atoms. The van der Waals surface area contributed by atoms with Gasteiger partial charge in [0.25, 0.3) is 0 Å². The van der Waals surface area contributed by atoms with E-state index in [0.29, 0.717) is 6.42 Å². The zero-order valence-corrected chi connectivity index (χ0v) is 11.6. The van der Waals surface area contributed by atoms with Crippen molar-refractivity contribution in [1.82, 2.24) is 10.6 Å². The summed E-state index contributed by atoms with van der Waals surface area (Å²) in [5.41, 5.74) is 2.59. The molecule has 5 nitrogen and oxygen atoms in total. The summed E-state index contributed by atoms with van der Waals surface area (Å²) in [6.07, 6.45) is 3.00. The van der Waals surface area contributed by atoms with E-state index < -0.39 is 18.0 Å². The molecule has 1 aromatic rings. The highest BCUT2D eigenvalue weighted by Gasteiger charge is 2.22. The van der Waals surface area contributed by atoms with Gasteiger partial charge in [-0.2, -0.15) is 0 Å². The van der Waals surface area contributed by atoms with Gasteiger partial charge in [0, 0.05) is 6.04 Å². The molecule has 1 aliphatic carbocycles. The van der Waals surface area contributed by atoms with E-state index in [9.17, 15) is 9.59 Å². The number of nitrogens with one attached hydrogen (secondary N) is 2. The first kappa shape index (κ1) is 14.4. The summed E-state index contributed by atoms with van der Waals surface area (Å²) in [5.74, 6) is -1.00. The van der Waals surface area contributed by atoms with Crippen molar-refractivity contribution >= 4 is 12.0 Å². The molecule has 2 rings (SSSR count). The molecule has 2 unspecified atom stereocenters. The minimum atomic E-state index is -1.00. The van der Waals surface area contributed by atoms with Crippen LogP contribution in [0.25, 0.3) is 0 Å². The van der Waals surface area contributed by atoms with E-state index in [1.807, 2.05) is 12.1 Å². The van der Waals surface area contributed by atoms with Crippen molar-refractivity contribution in [3.8, 4) is 0 Å². The van der Waals surface area contributed by atoms with Gasteiger partial charge in [-0.15, -0.1) is 0 Å². The van der Waals surface area contributed by atoms with Crippen LogP contribution in [0, 0.1) is 0 Å². The summed E-state index contributed by atoms with van der Waals surface area (Å²) in [4.78, 5) is 22.7. The minimum Gasteiger partial charge on any atom is -0.480 e. The molecule has 1 aliphatic rings. The van der Waals surface area contributed by atoms with E-state index in [2.05, 4.69) is 22.8 Å². The van der Waals surface area contributed by atoms with E-state index in [1.165, 1.54) is 11.1 Å². The second kappa shape index (κ2) is 6.41. The van der Waals surface area contributed by atoms with E-state index in [4.69, 9.17) is 5.11 Å². The Balaban J connectivity index is 1.89. The molecule has 0 fully saturated rings. The van der Waals surface area contributed by atoms with Gasteiger partial charge in [-0.25, -0.2) is 9.59 Å². The normalized spacial score (nSPS) is 18.8. The van der Waals surface area contributed by atoms with Gasteiger partial charge in [-0.05, 0) is 36.8 Å². The minimum absolute atomic E-state index is 0.0659. The third kappa shape index (κ3) is 3.50. The van der Waals surface area contributed by atoms with Crippen molar-refractivity contribution in [3.05, 3.63) is 35.4 Å². The zero-order valence-electron chi connectivity index (χ0n) is 11.6. The molecule has 108 valence electrons. The number of fused-ring (bicyclic) bond motifs is 1. The maximum Gasteiger partial charge on any atom is 0.326 e. The first-order chi connectivity index (χ1) is 9.60. The lowest BCUT2D eigenvalue weighted by Crippen LogP contribution is -2.50. The molecule has 0 saturated carbocycles. The molecular weight excluding hydrogens is 256 g/mol. The zero-order chi connectivity index (χ0) is 14.5. The van der Waals surface area contributed by atoms with Gasteiger partial charge in [-0.3, -0.25) is 0 Å². The fraction of sp³-hybridized carbons (Fsp3) is 0.467. The van der Waals surface area contributed by atoms with Crippen LogP contribution in [0.2, 0.25) is 0 Å². The number of urea groups is 1. The Morgan fingerprint density at radius 3 is 2.70 bits per heavy atom. The van der Waals surface area contributed by atoms with Gasteiger partial charge < -0.3 is 15.7 Å². The smallest absolute Gasteiger partial charge is 0.326 e. The first-order valence-electron chi connectivity index (χ1n) is 6.96. The molecule has 0 radical (unpaired) electrons. The molecule has 2 atom stereocenters. The Morgan fingerprint density at radius 2 is 2.05 bits per heavy atom. The molecule has 0 aliphatic heterocycles. The number of hydrogen-bond donors (Lipinski definition) is 3. The number of aryl methyl sites for hydroxylation is 1. The monoisotopic (exact) mass is 276 g/mol. The average Bonchev–Trinajstić information content (AvgIpc) is 2.44. The summed E-state index contributed by atoms with van der Waals surface area (Å²) in [6.45, 7) is 1.73. The van der Waals surface area contributed by atoms with Gasteiger partial charge in [0.15, 0.2) is 0 Å². The Bertz CT molecular complexity index is 502. The third-order valence-corrected chi connectivity index (χ3v) is 3.69. The van der Waals surface area contributed by atoms with Crippen molar-refractivity contribution in [2.45, 2.75) is 44.7 Å². The van der Waals surface area contributed by atoms with Crippen molar-refractivity contribution in [2.24, 2.45) is 0 Å². The predicted molar refractivity (Wildman–Crippen MR) is 75.6 cm³/mol. The van der Waals surface area contributed by atoms with Crippen molar-refractivity contribution in [3.63, 3.8) is 0 Å². The van der Waals surface area contributed by atoms with Crippen LogP contribution in [0.5, 0.6) is 0 Å². The lowest BCUT2D eigenvalue weighted by molar-refractivity contribution is -0.139. The van der Waals surface area contributed by atoms with Gasteiger partial charge in [0.1, 0.15) is 6.04 Å². The highest BCUT2D eigenvalue weighted by Crippen LogP contribution is 2.20. The lowest BCUT2D eigenvalue weighted by Gasteiger charge is -2.26. The molecular formula is C15H20N2O3. The van der Waals surface area contributed by atoms with E-state index in [-0.39, 0.29) is 6.04 Å². The molecule has 3 N–H and O–H groups in total. The second-order valence-corrected chi connectivity index (χ2v) is 5.13. The Morgan fingerprint density at radius 1 is 1.35 bits per heavy atom. The average molecular weight is 276 g/mol. The van der Waals surface area contributed by atoms with Gasteiger partial charge in [0.05, 0.1) is 0 Å². The van der Waals surface area contributed by atoms with Crippen LogP contribution in [-0.2, 0) is 17.6 Å². The summed E-state index contributed by atoms with van der Waals surface area (Å²) in [7, 11) is 0. The second-order valence-electron chi connectivity index (χ2n) is 5.13. The number of rotatable bonds is 4. The van der Waals surface area contributed by atoms with E-state index in [1.54, 1.807) is 6.92 Å². The van der Waals surface area contributed by atoms with Crippen LogP contribution in [0.3, 0.4) is 0 Å². The Labute approximate surface area is 118 Å². The molecule has 2 amide bonds. The van der Waals surface area contributed by atoms with E-state index >= 15 is 0 Å². The molecule has 0 aromatic heterocycles. The fourth-order valence-corrected chi connectivity index (χ4v) is 2.54. The summed E-state index contributed by atoms with van der Waals surface area (Å²) < 4.78 is 0. The lowest BCUT2D eigenvalue weighted by atomic mass is 9.88. The highest BCUT2D eigenvalue weighted by molar-refractivity contribution is 5.82. The SMILES string of the molecule is CCC(NC(=O)NC1CCc2ccccc2C1)C(=O)O. The molecule has 0 saturated heterocycles. The maximum atomic E-state index is 11.8. The van der Waals surface area contributed by atoms with Crippen LogP contribution in [0.15, 0.2) is 24.3 Å². The molecule has 5 heteroatoms. The fourth-order valence-electron chi connectivity index (χ4n) is 2.54. The highest BCUT2D eigenvalue weighted by atomic mass is 16.4. The number of aliphatic carboxylic acids is 1. The predicted octanol–water partition coefficient (Wildman–Crippen LogP) is 1.71. The van der Waals surface area contributed by atoms with Gasteiger partial charge in [-0.1, -0.05) is 31.2 Å². The number of carboxylic acids is 1. The van der Waals surface area contributed by atoms with Crippen molar-refractivity contribution in [2.75, 3.05) is 0 Å². The number of carbonyl (C=O) groups excluding carboxylic acids is 1. The number of carbonyl (C=O) groups is 2. The number of benzene rings is 1. The number of amides is 2. The number of hydrogen-bond acceptors (Lipinski definition) is 2. The molecule has 1 aromatic carbocycles. The molecule has 0 heterocycles. The van der Waals surface area contributed by atoms with Gasteiger partial charge in [0.2, 0.25) is 0 Å². The van der Waals surface area contributed by atoms with Crippen LogP contribution in [0.4, 0.5) is 4.79 Å². The standard InChI is InChI=1S/C15H20N2O3/c1-2-13(14(18)19)17-15(20)16-12-8-7-10-5-3-4-6-11(10)9-12/h3-6,12-13H,2,7-9H2,1H3,(H,18,19)(H2,16,17,20). The quantitative estimate of drug-likeness (QED) is 0.783. The topological polar surface area (TPSA) is 78.4 Å². The summed E-state index contributed by atoms with van der Waals surface area (Å²) >= 11 is 0. The molecule has 0 bridgehead atoms. The molecule has 20 heavy (non-hydrogen) atoms. The van der Waals surface area contributed by atoms with Crippen LogP contribution in [-0.4, -0.2) is 29.2 Å². The Kier molecular flexibility index (Phi) is 4.61. The first-order valence-corrected chi connectivity index (χ1v) is 6.96. The van der Waals surface area contributed by atoms with Crippen molar-refractivity contribution in [1.29, 1.82) is 0 Å². The van der Waals surface area contributed by atoms with Crippen LogP contribution < -0.4 is 10.6 Å². The van der Waals surface area contributed by atoms with Crippen LogP contribution in [0.1, 0.15) is 30.9 Å². The van der Waals surface area contributed by atoms with Crippen molar-refractivity contribution < 1.29 is 14.7 Å².